The largest absolute Gasteiger partial charge is 0.333 e. The molecule has 1 heterocycles. The molecule has 0 N–H and O–H groups in total. The Balaban J connectivity index is 1.40. The third-order valence-electron chi connectivity index (χ3n) is 9.91. The van der Waals surface area contributed by atoms with Crippen LogP contribution in [0, 0.1) is 0 Å². The van der Waals surface area contributed by atoms with Gasteiger partial charge >= 0.3 is 0 Å². The summed E-state index contributed by atoms with van der Waals surface area (Å²) in [6.45, 7) is 4.77. The van der Waals surface area contributed by atoms with Crippen molar-refractivity contribution in [3.63, 3.8) is 0 Å². The van der Waals surface area contributed by atoms with Gasteiger partial charge in [-0.25, -0.2) is 0 Å². The van der Waals surface area contributed by atoms with Crippen LogP contribution < -0.4 is 15.3 Å². The molecule has 9 rings (SSSR count). The zero-order chi connectivity index (χ0) is 28.0. The Morgan fingerprint density at radius 2 is 1.29 bits per heavy atom. The zero-order valence-corrected chi connectivity index (χ0v) is 23.9. The van der Waals surface area contributed by atoms with Gasteiger partial charge in [0.1, 0.15) is 0 Å². The van der Waals surface area contributed by atoms with Crippen molar-refractivity contribution in [3.05, 3.63) is 155 Å². The molecule has 1 nitrogen and oxygen atoms in total. The number of nitrogens with zero attached hydrogens (tertiary/aromatic N) is 1. The minimum absolute atomic E-state index is 0.0742. The third-order valence-corrected chi connectivity index (χ3v) is 9.91. The van der Waals surface area contributed by atoms with Crippen molar-refractivity contribution in [2.24, 2.45) is 0 Å². The number of hydrogen-bond donors (Lipinski definition) is 0. The highest BCUT2D eigenvalue weighted by Crippen LogP contribution is 2.58. The van der Waals surface area contributed by atoms with E-state index in [0.717, 1.165) is 0 Å². The van der Waals surface area contributed by atoms with Crippen molar-refractivity contribution in [2.45, 2.75) is 31.2 Å². The molecule has 6 aromatic carbocycles. The average molecular weight is 538 g/mol. The van der Waals surface area contributed by atoms with Gasteiger partial charge < -0.3 is 4.90 Å². The van der Waals surface area contributed by atoms with Crippen LogP contribution in [0.15, 0.2) is 127 Å². The maximum absolute atomic E-state index is 2.65. The summed E-state index contributed by atoms with van der Waals surface area (Å²) in [6.07, 6.45) is 5.02. The Labute approximate surface area is 246 Å². The van der Waals surface area contributed by atoms with E-state index < -0.39 is 0 Å². The Kier molecular flexibility index (Phi) is 4.85. The van der Waals surface area contributed by atoms with Crippen LogP contribution in [0.2, 0.25) is 0 Å². The van der Waals surface area contributed by atoms with Crippen molar-refractivity contribution in [1.82, 2.24) is 0 Å². The summed E-state index contributed by atoms with van der Waals surface area (Å²) in [6, 6.07) is 47.5. The summed E-state index contributed by atoms with van der Waals surface area (Å²) in [4.78, 5) is 2.65. The number of hydrogen-bond acceptors (Lipinski definition) is 1. The highest BCUT2D eigenvalue weighted by molar-refractivity contribution is 6.11. The lowest BCUT2D eigenvalue weighted by atomic mass is 9.67. The zero-order valence-electron chi connectivity index (χ0n) is 23.9. The molecule has 1 heteroatoms. The van der Waals surface area contributed by atoms with Gasteiger partial charge in [0.05, 0.1) is 11.7 Å². The van der Waals surface area contributed by atoms with E-state index in [9.17, 15) is 0 Å². The minimum atomic E-state index is -0.0742. The Morgan fingerprint density at radius 1 is 0.595 bits per heavy atom. The molecular formula is C41H31N. The Hall–Kier alpha value is -4.88. The molecule has 6 aromatic rings. The van der Waals surface area contributed by atoms with E-state index in [1.54, 1.807) is 0 Å². The molecular weight excluding hydrogens is 506 g/mol. The molecule has 0 aromatic heterocycles. The van der Waals surface area contributed by atoms with Crippen LogP contribution in [0.25, 0.3) is 45.2 Å². The number of fused-ring (bicyclic) bond motifs is 7. The summed E-state index contributed by atoms with van der Waals surface area (Å²) in [5.41, 5.74) is 12.0. The summed E-state index contributed by atoms with van der Waals surface area (Å²) >= 11 is 0. The summed E-state index contributed by atoms with van der Waals surface area (Å²) in [7, 11) is 0. The fourth-order valence-electron chi connectivity index (χ4n) is 7.98. The first kappa shape index (κ1) is 23.8. The molecule has 3 aliphatic rings. The van der Waals surface area contributed by atoms with E-state index in [2.05, 4.69) is 158 Å². The van der Waals surface area contributed by atoms with Crippen molar-refractivity contribution in [3.8, 4) is 22.3 Å². The van der Waals surface area contributed by atoms with E-state index in [-0.39, 0.29) is 17.4 Å². The molecule has 0 fully saturated rings. The highest BCUT2D eigenvalue weighted by Gasteiger charge is 2.43. The van der Waals surface area contributed by atoms with Crippen molar-refractivity contribution < 1.29 is 0 Å². The van der Waals surface area contributed by atoms with Gasteiger partial charge in [-0.3, -0.25) is 0 Å². The van der Waals surface area contributed by atoms with Crippen LogP contribution in [0.4, 0.5) is 11.4 Å². The van der Waals surface area contributed by atoms with E-state index in [1.807, 2.05) is 0 Å². The maximum atomic E-state index is 2.65. The van der Waals surface area contributed by atoms with Crippen LogP contribution in [0.5, 0.6) is 0 Å². The SMILES string of the molecule is CC1(C)c2ccccc2-c2c3c(cc4cccc1c24)[C@H]1C=c2ccccc2=CC1N3c1cccc(-c2ccccc2)c1. The lowest BCUT2D eigenvalue weighted by Crippen LogP contribution is -2.38. The van der Waals surface area contributed by atoms with Gasteiger partial charge in [-0.1, -0.05) is 135 Å². The van der Waals surface area contributed by atoms with E-state index in [4.69, 9.17) is 0 Å². The first-order chi connectivity index (χ1) is 20.6. The van der Waals surface area contributed by atoms with Gasteiger partial charge in [0.25, 0.3) is 0 Å². The first-order valence-corrected chi connectivity index (χ1v) is 15.0. The van der Waals surface area contributed by atoms with Crippen molar-refractivity contribution in [2.75, 3.05) is 4.90 Å². The fraction of sp³-hybridized carbons (Fsp3) is 0.122. The Morgan fingerprint density at radius 3 is 2.14 bits per heavy atom. The molecule has 0 saturated carbocycles. The fourth-order valence-corrected chi connectivity index (χ4v) is 7.98. The number of rotatable bonds is 2. The molecule has 1 aliphatic heterocycles. The Bertz CT molecular complexity index is 2190. The van der Waals surface area contributed by atoms with E-state index >= 15 is 0 Å². The van der Waals surface area contributed by atoms with E-state index in [1.165, 1.54) is 71.5 Å². The molecule has 1 unspecified atom stereocenters. The normalized spacial score (nSPS) is 18.8. The van der Waals surface area contributed by atoms with Crippen LogP contribution in [-0.4, -0.2) is 6.04 Å². The molecule has 2 atom stereocenters. The van der Waals surface area contributed by atoms with Crippen LogP contribution >= 0.6 is 0 Å². The van der Waals surface area contributed by atoms with Crippen molar-refractivity contribution >= 4 is 34.3 Å². The molecule has 2 aliphatic carbocycles. The second-order valence-electron chi connectivity index (χ2n) is 12.5. The highest BCUT2D eigenvalue weighted by atomic mass is 15.2. The second-order valence-corrected chi connectivity index (χ2v) is 12.5. The van der Waals surface area contributed by atoms with Gasteiger partial charge in [-0.15, -0.1) is 0 Å². The van der Waals surface area contributed by atoms with Gasteiger partial charge in [0.2, 0.25) is 0 Å². The first-order valence-electron chi connectivity index (χ1n) is 15.0. The number of anilines is 2. The van der Waals surface area contributed by atoms with Crippen LogP contribution in [-0.2, 0) is 5.41 Å². The molecule has 200 valence electrons. The second kappa shape index (κ2) is 8.57. The van der Waals surface area contributed by atoms with Gasteiger partial charge in [0, 0.05) is 22.6 Å². The molecule has 0 bridgehead atoms. The molecule has 0 amide bonds. The summed E-state index contributed by atoms with van der Waals surface area (Å²) in [5, 5.41) is 5.39. The lowest BCUT2D eigenvalue weighted by Gasteiger charge is -2.37. The smallest absolute Gasteiger partial charge is 0.0635 e. The van der Waals surface area contributed by atoms with Gasteiger partial charge in [-0.05, 0) is 72.8 Å². The van der Waals surface area contributed by atoms with E-state index in [0.29, 0.717) is 0 Å². The molecule has 0 radical (unpaired) electrons. The average Bonchev–Trinajstić information content (AvgIpc) is 3.35. The minimum Gasteiger partial charge on any atom is -0.333 e. The van der Waals surface area contributed by atoms with Gasteiger partial charge in [-0.2, -0.15) is 0 Å². The maximum Gasteiger partial charge on any atom is 0.0635 e. The standard InChI is InChI=1S/C41H31N/c1-41(2)35-20-9-8-19-32(35)39-38-30(17-11-21-36(38)41)24-34-33-23-28-14-6-7-15-29(28)25-37(33)42(40(34)39)31-18-10-16-27(22-31)26-12-4-3-5-13-26/h3-25,33,37H,1-2H3/t33-,37?/m1/s1. The predicted molar refractivity (Wildman–Crippen MR) is 177 cm³/mol. The third kappa shape index (κ3) is 3.20. The topological polar surface area (TPSA) is 3.24 Å². The monoisotopic (exact) mass is 537 g/mol. The number of benzene rings is 6. The van der Waals surface area contributed by atoms with Crippen LogP contribution in [0.1, 0.15) is 36.5 Å². The molecule has 0 saturated heterocycles. The van der Waals surface area contributed by atoms with Gasteiger partial charge in [0.15, 0.2) is 0 Å². The lowest BCUT2D eigenvalue weighted by molar-refractivity contribution is 0.645. The summed E-state index contributed by atoms with van der Waals surface area (Å²) in [5.74, 6) is 0.265. The molecule has 0 spiro atoms. The van der Waals surface area contributed by atoms with Crippen molar-refractivity contribution in [1.29, 1.82) is 0 Å². The quantitative estimate of drug-likeness (QED) is 0.214. The predicted octanol–water partition coefficient (Wildman–Crippen LogP) is 8.69. The van der Waals surface area contributed by atoms with Crippen LogP contribution in [0.3, 0.4) is 0 Å². The molecule has 42 heavy (non-hydrogen) atoms. The summed E-state index contributed by atoms with van der Waals surface area (Å²) < 4.78 is 0.